The number of thioether (sulfide) groups is 1. The lowest BCUT2D eigenvalue weighted by molar-refractivity contribution is -0.143. The second-order valence-electron chi connectivity index (χ2n) is 10.5. The van der Waals surface area contributed by atoms with E-state index in [4.69, 9.17) is 0 Å². The van der Waals surface area contributed by atoms with Gasteiger partial charge in [-0.05, 0) is 59.7 Å². The molecule has 15 heteroatoms. The van der Waals surface area contributed by atoms with Gasteiger partial charge in [0.05, 0.1) is 0 Å². The third-order valence-corrected chi connectivity index (χ3v) is 8.29. The molecule has 1 heterocycles. The molecule has 5 aromatic rings. The standard InChI is InChI=1S/C36H23F7N4O3S/c37-27-26(36(41,42)43)28(38)30(40)31(29(27)39)47-35(50)32(21-9-3-1-4-10-21)51-24-15-13-23(14-16-24)45-34(49)25(18-20-8-7-17-44-19-20)46-33(48)22-11-5-2-6-12-22/h1-19,32H,(H,45,49)(H,46,48)(H,47,50)/b25-18-. The number of alkyl halides is 3. The van der Waals surface area contributed by atoms with Gasteiger partial charge in [0.25, 0.3) is 11.8 Å². The van der Waals surface area contributed by atoms with Crippen LogP contribution in [0.5, 0.6) is 0 Å². The van der Waals surface area contributed by atoms with E-state index in [-0.39, 0.29) is 16.9 Å². The maximum Gasteiger partial charge on any atom is 0.422 e. The first kappa shape index (κ1) is 36.3. The highest BCUT2D eigenvalue weighted by molar-refractivity contribution is 8.00. The molecule has 0 aliphatic carbocycles. The Hall–Kier alpha value is -5.96. The van der Waals surface area contributed by atoms with Crippen LogP contribution in [0.1, 0.15) is 32.3 Å². The second-order valence-corrected chi connectivity index (χ2v) is 11.7. The summed E-state index contributed by atoms with van der Waals surface area (Å²) in [5.41, 5.74) is -3.24. The van der Waals surface area contributed by atoms with Crippen molar-refractivity contribution < 1.29 is 45.1 Å². The van der Waals surface area contributed by atoms with Gasteiger partial charge in [-0.25, -0.2) is 17.6 Å². The van der Waals surface area contributed by atoms with Gasteiger partial charge >= 0.3 is 6.18 Å². The van der Waals surface area contributed by atoms with Crippen LogP contribution in [0.3, 0.4) is 0 Å². The number of anilines is 2. The van der Waals surface area contributed by atoms with Gasteiger partial charge in [0.15, 0.2) is 23.3 Å². The van der Waals surface area contributed by atoms with Crippen LogP contribution in [-0.4, -0.2) is 22.7 Å². The minimum atomic E-state index is -5.75. The van der Waals surface area contributed by atoms with Crippen LogP contribution in [0.2, 0.25) is 0 Å². The lowest BCUT2D eigenvalue weighted by atomic mass is 10.1. The molecular weight excluding hydrogens is 701 g/mol. The Bertz CT molecular complexity index is 2050. The minimum Gasteiger partial charge on any atom is -0.321 e. The van der Waals surface area contributed by atoms with Crippen molar-refractivity contribution in [2.24, 2.45) is 0 Å². The topological polar surface area (TPSA) is 100 Å². The van der Waals surface area contributed by atoms with Crippen LogP contribution in [0, 0.1) is 23.3 Å². The van der Waals surface area contributed by atoms with Crippen LogP contribution in [0.15, 0.2) is 120 Å². The lowest BCUT2D eigenvalue weighted by Gasteiger charge is -2.19. The van der Waals surface area contributed by atoms with E-state index in [1.54, 1.807) is 66.0 Å². The molecule has 51 heavy (non-hydrogen) atoms. The number of rotatable bonds is 10. The van der Waals surface area contributed by atoms with Crippen LogP contribution in [-0.2, 0) is 15.8 Å². The molecule has 0 aliphatic rings. The number of hydrogen-bond donors (Lipinski definition) is 3. The summed E-state index contributed by atoms with van der Waals surface area (Å²) in [5, 5.41) is 5.62. The number of benzene rings is 4. The zero-order valence-corrected chi connectivity index (χ0v) is 26.6. The zero-order valence-electron chi connectivity index (χ0n) is 25.8. The number of carbonyl (C=O) groups excluding carboxylic acids is 3. The second kappa shape index (κ2) is 15.7. The molecule has 3 N–H and O–H groups in total. The van der Waals surface area contributed by atoms with Crippen molar-refractivity contribution >= 4 is 46.9 Å². The molecule has 0 spiro atoms. The fourth-order valence-corrected chi connectivity index (χ4v) is 5.63. The molecule has 0 saturated heterocycles. The van der Waals surface area contributed by atoms with Gasteiger partial charge < -0.3 is 16.0 Å². The van der Waals surface area contributed by atoms with Crippen molar-refractivity contribution in [2.75, 3.05) is 10.6 Å². The lowest BCUT2D eigenvalue weighted by Crippen LogP contribution is -2.30. The van der Waals surface area contributed by atoms with Crippen LogP contribution in [0.25, 0.3) is 6.08 Å². The monoisotopic (exact) mass is 724 g/mol. The molecule has 5 rings (SSSR count). The van der Waals surface area contributed by atoms with Crippen molar-refractivity contribution in [1.82, 2.24) is 10.3 Å². The Labute approximate surface area is 289 Å². The van der Waals surface area contributed by atoms with Gasteiger partial charge in [-0.3, -0.25) is 19.4 Å². The summed E-state index contributed by atoms with van der Waals surface area (Å²) >= 11 is 0.826. The fourth-order valence-electron chi connectivity index (χ4n) is 4.60. The molecule has 260 valence electrons. The summed E-state index contributed by atoms with van der Waals surface area (Å²) in [7, 11) is 0. The molecule has 1 aromatic heterocycles. The Morgan fingerprint density at radius 3 is 1.90 bits per heavy atom. The summed E-state index contributed by atoms with van der Waals surface area (Å²) in [5.74, 6) is -12.7. The van der Waals surface area contributed by atoms with Crippen molar-refractivity contribution in [1.29, 1.82) is 0 Å². The molecule has 4 aromatic carbocycles. The van der Waals surface area contributed by atoms with Crippen LogP contribution < -0.4 is 16.0 Å². The van der Waals surface area contributed by atoms with Gasteiger partial charge in [0.1, 0.15) is 22.2 Å². The van der Waals surface area contributed by atoms with E-state index in [9.17, 15) is 45.1 Å². The third kappa shape index (κ3) is 8.80. The molecule has 3 amide bonds. The number of nitrogens with one attached hydrogen (secondary N) is 3. The van der Waals surface area contributed by atoms with Crippen molar-refractivity contribution in [2.45, 2.75) is 16.3 Å². The molecular formula is C36H23F7N4O3S. The highest BCUT2D eigenvalue weighted by Gasteiger charge is 2.43. The van der Waals surface area contributed by atoms with Crippen molar-refractivity contribution in [3.8, 4) is 0 Å². The first-order valence-corrected chi connectivity index (χ1v) is 15.6. The molecule has 7 nitrogen and oxygen atoms in total. The minimum absolute atomic E-state index is 0.105. The molecule has 1 unspecified atom stereocenters. The quantitative estimate of drug-likeness (QED) is 0.0581. The van der Waals surface area contributed by atoms with Gasteiger partial charge in [0.2, 0.25) is 5.91 Å². The van der Waals surface area contributed by atoms with Crippen LogP contribution >= 0.6 is 11.8 Å². The smallest absolute Gasteiger partial charge is 0.321 e. The Morgan fingerprint density at radius 2 is 1.33 bits per heavy atom. The highest BCUT2D eigenvalue weighted by atomic mass is 32.2. The van der Waals surface area contributed by atoms with E-state index in [1.165, 1.54) is 54.9 Å². The summed E-state index contributed by atoms with van der Waals surface area (Å²) in [6.45, 7) is 0. The predicted molar refractivity (Wildman–Crippen MR) is 176 cm³/mol. The van der Waals surface area contributed by atoms with Crippen LogP contribution in [0.4, 0.5) is 42.1 Å². The van der Waals surface area contributed by atoms with Gasteiger partial charge in [-0.2, -0.15) is 13.2 Å². The summed E-state index contributed by atoms with van der Waals surface area (Å²) in [6, 6.07) is 25.1. The average Bonchev–Trinajstić information content (AvgIpc) is 3.12. The number of aromatic nitrogens is 1. The Kier molecular flexibility index (Phi) is 11.2. The maximum atomic E-state index is 14.6. The van der Waals surface area contributed by atoms with E-state index >= 15 is 0 Å². The zero-order chi connectivity index (χ0) is 36.7. The summed E-state index contributed by atoms with van der Waals surface area (Å²) < 4.78 is 96.8. The summed E-state index contributed by atoms with van der Waals surface area (Å²) in [6.07, 6.45) is -1.30. The molecule has 1 atom stereocenters. The normalized spacial score (nSPS) is 12.2. The first-order chi connectivity index (χ1) is 24.3. The van der Waals surface area contributed by atoms with Crippen molar-refractivity contribution in [3.63, 3.8) is 0 Å². The summed E-state index contributed by atoms with van der Waals surface area (Å²) in [4.78, 5) is 43.9. The number of amides is 3. The van der Waals surface area contributed by atoms with E-state index in [0.717, 1.165) is 11.8 Å². The number of nitrogens with zero attached hydrogens (tertiary/aromatic N) is 1. The Balaban J connectivity index is 1.36. The average molecular weight is 725 g/mol. The largest absolute Gasteiger partial charge is 0.422 e. The number of pyridine rings is 1. The molecule has 0 aliphatic heterocycles. The SMILES string of the molecule is O=C(Nc1ccc(SC(C(=O)Nc2c(F)c(F)c(C(F)(F)F)c(F)c2F)c2ccccc2)cc1)/C(=C/c1cccnc1)NC(=O)c1ccccc1. The van der Waals surface area contributed by atoms with E-state index in [2.05, 4.69) is 15.6 Å². The molecule has 0 bridgehead atoms. The van der Waals surface area contributed by atoms with Gasteiger partial charge in [0, 0.05) is 28.5 Å². The van der Waals surface area contributed by atoms with E-state index < -0.39 is 63.7 Å². The molecule has 0 radical (unpaired) electrons. The van der Waals surface area contributed by atoms with E-state index in [0.29, 0.717) is 16.0 Å². The maximum absolute atomic E-state index is 14.6. The molecule has 0 saturated carbocycles. The first-order valence-electron chi connectivity index (χ1n) is 14.7. The number of halogens is 7. The fraction of sp³-hybridized carbons (Fsp3) is 0.0556. The van der Waals surface area contributed by atoms with Gasteiger partial charge in [-0.15, -0.1) is 11.8 Å². The Morgan fingerprint density at radius 1 is 0.725 bits per heavy atom. The third-order valence-electron chi connectivity index (χ3n) is 7.03. The molecule has 0 fully saturated rings. The number of hydrogen-bond acceptors (Lipinski definition) is 5. The van der Waals surface area contributed by atoms with E-state index in [1.807, 2.05) is 0 Å². The van der Waals surface area contributed by atoms with Gasteiger partial charge in [-0.1, -0.05) is 54.6 Å². The highest BCUT2D eigenvalue weighted by Crippen LogP contribution is 2.40. The predicted octanol–water partition coefficient (Wildman–Crippen LogP) is 8.54. The van der Waals surface area contributed by atoms with Crippen molar-refractivity contribution in [3.05, 3.63) is 161 Å². The number of carbonyl (C=O) groups is 3.